The molecule has 0 saturated heterocycles. The number of fused-ring (bicyclic) bond motifs is 4. The zero-order valence-corrected chi connectivity index (χ0v) is 13.1. The number of hydrogen-bond donors (Lipinski definition) is 2. The predicted octanol–water partition coefficient (Wildman–Crippen LogP) is 2.45. The van der Waals surface area contributed by atoms with Crippen molar-refractivity contribution in [1.82, 2.24) is 5.32 Å². The van der Waals surface area contributed by atoms with Gasteiger partial charge in [-0.05, 0) is 62.2 Å². The fraction of sp³-hybridized carbons (Fsp3) is 0.778. The van der Waals surface area contributed by atoms with Gasteiger partial charge in [-0.2, -0.15) is 0 Å². The summed E-state index contributed by atoms with van der Waals surface area (Å²) in [6.07, 6.45) is 10.1. The first-order valence-corrected chi connectivity index (χ1v) is 8.76. The maximum absolute atomic E-state index is 12.7. The van der Waals surface area contributed by atoms with Crippen LogP contribution in [0.5, 0.6) is 0 Å². The van der Waals surface area contributed by atoms with E-state index in [9.17, 15) is 14.7 Å². The highest BCUT2D eigenvalue weighted by atomic mass is 16.4. The van der Waals surface area contributed by atoms with Crippen molar-refractivity contribution in [3.8, 4) is 0 Å². The molecule has 22 heavy (non-hydrogen) atoms. The fourth-order valence-electron chi connectivity index (χ4n) is 5.85. The van der Waals surface area contributed by atoms with Gasteiger partial charge in [0, 0.05) is 6.04 Å². The molecule has 0 radical (unpaired) electrons. The Labute approximate surface area is 131 Å². The molecule has 0 aliphatic heterocycles. The Morgan fingerprint density at radius 3 is 2.41 bits per heavy atom. The highest BCUT2D eigenvalue weighted by Gasteiger charge is 2.52. The number of allylic oxidation sites excluding steroid dienone is 2. The zero-order valence-electron chi connectivity index (χ0n) is 13.1. The number of hydrogen-bond acceptors (Lipinski definition) is 2. The molecule has 0 aromatic heterocycles. The lowest BCUT2D eigenvalue weighted by Gasteiger charge is -2.31. The Morgan fingerprint density at radius 1 is 1.09 bits per heavy atom. The average molecular weight is 303 g/mol. The predicted molar refractivity (Wildman–Crippen MR) is 81.9 cm³/mol. The lowest BCUT2D eigenvalue weighted by molar-refractivity contribution is -0.148. The summed E-state index contributed by atoms with van der Waals surface area (Å²) in [5.74, 6) is 0.677. The smallest absolute Gasteiger partial charge is 0.307 e. The van der Waals surface area contributed by atoms with Gasteiger partial charge < -0.3 is 10.4 Å². The maximum Gasteiger partial charge on any atom is 0.307 e. The summed E-state index contributed by atoms with van der Waals surface area (Å²) in [5, 5.41) is 12.7. The van der Waals surface area contributed by atoms with Gasteiger partial charge in [0.05, 0.1) is 11.8 Å². The first-order valence-electron chi connectivity index (χ1n) is 8.76. The number of carbonyl (C=O) groups is 2. The van der Waals surface area contributed by atoms with Crippen molar-refractivity contribution in [3.63, 3.8) is 0 Å². The van der Waals surface area contributed by atoms with E-state index in [4.69, 9.17) is 0 Å². The normalized spacial score (nSPS) is 46.1. The second-order valence-electron chi connectivity index (χ2n) is 7.97. The van der Waals surface area contributed by atoms with E-state index in [2.05, 4.69) is 18.3 Å². The van der Waals surface area contributed by atoms with Crippen LogP contribution >= 0.6 is 0 Å². The zero-order chi connectivity index (χ0) is 15.4. The number of carbonyl (C=O) groups excluding carboxylic acids is 1. The minimum atomic E-state index is -0.815. The molecule has 4 heteroatoms. The van der Waals surface area contributed by atoms with Crippen molar-refractivity contribution in [3.05, 3.63) is 12.2 Å². The van der Waals surface area contributed by atoms with Crippen molar-refractivity contribution >= 4 is 11.9 Å². The van der Waals surface area contributed by atoms with Gasteiger partial charge in [-0.1, -0.05) is 18.6 Å². The second-order valence-corrected chi connectivity index (χ2v) is 7.97. The SMILES string of the molecule is C[C@H](NC(=O)[C@H]1[C@H](C(=O)O)[C@H]2C=C[C@H]1C2)[C@@H]1C[C@H]2CC[C@H]1C2. The third-order valence-electron chi connectivity index (χ3n) is 6.85. The summed E-state index contributed by atoms with van der Waals surface area (Å²) in [6.45, 7) is 2.11. The summed E-state index contributed by atoms with van der Waals surface area (Å²) in [6, 6.07) is 0.181. The van der Waals surface area contributed by atoms with E-state index in [1.807, 2.05) is 6.08 Å². The summed E-state index contributed by atoms with van der Waals surface area (Å²) < 4.78 is 0. The van der Waals surface area contributed by atoms with E-state index in [-0.39, 0.29) is 29.7 Å². The molecule has 4 nitrogen and oxygen atoms in total. The Morgan fingerprint density at radius 2 is 1.82 bits per heavy atom. The summed E-state index contributed by atoms with van der Waals surface area (Å²) in [5.41, 5.74) is 0. The molecular formula is C18H25NO3. The van der Waals surface area contributed by atoms with Gasteiger partial charge in [-0.25, -0.2) is 0 Å². The molecular weight excluding hydrogens is 278 g/mol. The van der Waals surface area contributed by atoms with Crippen molar-refractivity contribution < 1.29 is 14.7 Å². The number of nitrogens with one attached hydrogen (secondary N) is 1. The van der Waals surface area contributed by atoms with Crippen molar-refractivity contribution in [2.45, 2.75) is 45.1 Å². The van der Waals surface area contributed by atoms with Crippen LogP contribution in [0.25, 0.3) is 0 Å². The first kappa shape index (κ1) is 14.3. The minimum Gasteiger partial charge on any atom is -0.481 e. The van der Waals surface area contributed by atoms with Gasteiger partial charge in [0.2, 0.25) is 5.91 Å². The quantitative estimate of drug-likeness (QED) is 0.784. The molecule has 3 saturated carbocycles. The van der Waals surface area contributed by atoms with Gasteiger partial charge in [-0.15, -0.1) is 0 Å². The van der Waals surface area contributed by atoms with E-state index in [1.54, 1.807) is 0 Å². The molecule has 0 spiro atoms. The Balaban J connectivity index is 1.43. The molecule has 3 fully saturated rings. The molecule has 8 atom stereocenters. The van der Waals surface area contributed by atoms with Crippen LogP contribution < -0.4 is 5.32 Å². The van der Waals surface area contributed by atoms with Gasteiger partial charge in [0.25, 0.3) is 0 Å². The highest BCUT2D eigenvalue weighted by molar-refractivity contribution is 5.87. The third-order valence-corrected chi connectivity index (χ3v) is 6.85. The van der Waals surface area contributed by atoms with E-state index in [0.29, 0.717) is 5.92 Å². The summed E-state index contributed by atoms with van der Waals surface area (Å²) in [7, 11) is 0. The van der Waals surface area contributed by atoms with Crippen LogP contribution in [0, 0.1) is 41.4 Å². The van der Waals surface area contributed by atoms with Crippen LogP contribution in [0.4, 0.5) is 0 Å². The molecule has 4 aliphatic rings. The van der Waals surface area contributed by atoms with Crippen molar-refractivity contribution in [2.24, 2.45) is 41.4 Å². The molecule has 0 unspecified atom stereocenters. The van der Waals surface area contributed by atoms with Gasteiger partial charge in [0.1, 0.15) is 0 Å². The number of carboxylic acids is 1. The molecule has 0 aromatic rings. The number of rotatable bonds is 4. The standard InChI is InChI=1S/C18H25NO3/c1-9(14-7-10-2-3-11(14)6-10)19-17(20)15-12-4-5-13(8-12)16(15)18(21)22/h4-5,9-16H,2-3,6-8H2,1H3,(H,19,20)(H,21,22)/t9-,10-,11-,12-,13-,14-,15+,16+/m0/s1. The highest BCUT2D eigenvalue weighted by Crippen LogP contribution is 2.50. The molecule has 1 amide bonds. The summed E-state index contributed by atoms with van der Waals surface area (Å²) in [4.78, 5) is 24.3. The first-order chi connectivity index (χ1) is 10.5. The Hall–Kier alpha value is -1.32. The second kappa shape index (κ2) is 5.10. The van der Waals surface area contributed by atoms with Crippen LogP contribution in [-0.4, -0.2) is 23.0 Å². The fourth-order valence-corrected chi connectivity index (χ4v) is 5.85. The van der Waals surface area contributed by atoms with Crippen LogP contribution in [0.3, 0.4) is 0 Å². The van der Waals surface area contributed by atoms with Gasteiger partial charge in [-0.3, -0.25) is 9.59 Å². The molecule has 0 aromatic carbocycles. The van der Waals surface area contributed by atoms with Crippen LogP contribution in [0.1, 0.15) is 39.0 Å². The Kier molecular flexibility index (Phi) is 3.31. The van der Waals surface area contributed by atoms with E-state index >= 15 is 0 Å². The topological polar surface area (TPSA) is 66.4 Å². The number of carboxylic acid groups (broad SMARTS) is 1. The molecule has 120 valence electrons. The van der Waals surface area contributed by atoms with E-state index in [0.717, 1.165) is 18.3 Å². The molecule has 4 bridgehead atoms. The number of aliphatic carboxylic acids is 1. The lowest BCUT2D eigenvalue weighted by atomic mass is 9.81. The van der Waals surface area contributed by atoms with Crippen LogP contribution in [0.15, 0.2) is 12.2 Å². The summed E-state index contributed by atoms with van der Waals surface area (Å²) >= 11 is 0. The third kappa shape index (κ3) is 2.10. The van der Waals surface area contributed by atoms with Crippen molar-refractivity contribution in [1.29, 1.82) is 0 Å². The average Bonchev–Trinajstić information content (AvgIpc) is 3.24. The maximum atomic E-state index is 12.7. The molecule has 4 aliphatic carbocycles. The Bertz CT molecular complexity index is 528. The largest absolute Gasteiger partial charge is 0.481 e. The monoisotopic (exact) mass is 303 g/mol. The molecule has 2 N–H and O–H groups in total. The lowest BCUT2D eigenvalue weighted by Crippen LogP contribution is -2.46. The minimum absolute atomic E-state index is 0.0282. The van der Waals surface area contributed by atoms with Crippen molar-refractivity contribution in [2.75, 3.05) is 0 Å². The van der Waals surface area contributed by atoms with E-state index < -0.39 is 11.9 Å². The van der Waals surface area contributed by atoms with Crippen LogP contribution in [-0.2, 0) is 9.59 Å². The molecule has 4 rings (SSSR count). The van der Waals surface area contributed by atoms with Gasteiger partial charge in [0.15, 0.2) is 0 Å². The molecule has 0 heterocycles. The number of amides is 1. The van der Waals surface area contributed by atoms with Gasteiger partial charge >= 0.3 is 5.97 Å². The van der Waals surface area contributed by atoms with Crippen LogP contribution in [0.2, 0.25) is 0 Å². The van der Waals surface area contributed by atoms with E-state index in [1.165, 1.54) is 25.7 Å².